The second-order valence-electron chi connectivity index (χ2n) is 21.0. The molecule has 3 saturated carbocycles. The third-order valence-corrected chi connectivity index (χ3v) is 16.7. The van der Waals surface area contributed by atoms with E-state index >= 15 is 0 Å². The van der Waals surface area contributed by atoms with Crippen molar-refractivity contribution in [2.45, 2.75) is 156 Å². The zero-order chi connectivity index (χ0) is 44.0. The van der Waals surface area contributed by atoms with Crippen LogP contribution in [0.5, 0.6) is 0 Å². The van der Waals surface area contributed by atoms with Gasteiger partial charge >= 0.3 is 0 Å². The number of benzene rings is 3. The van der Waals surface area contributed by atoms with Crippen LogP contribution in [-0.2, 0) is 43.5 Å². The molecule has 0 aromatic heterocycles. The molecule has 342 valence electrons. The topological polar surface area (TPSA) is 89.3 Å². The highest BCUT2D eigenvalue weighted by atomic mass is 16.7. The van der Waals surface area contributed by atoms with E-state index in [2.05, 4.69) is 40.7 Å². The van der Waals surface area contributed by atoms with E-state index in [1.807, 2.05) is 91.0 Å². The molecule has 0 spiro atoms. The number of hydrogen-bond donors (Lipinski definition) is 0. The number of allylic oxidation sites excluding steroid dienone is 1. The summed E-state index contributed by atoms with van der Waals surface area (Å²) in [7, 11) is 0. The van der Waals surface area contributed by atoms with Gasteiger partial charge in [0.25, 0.3) is 0 Å². The van der Waals surface area contributed by atoms with Gasteiger partial charge in [0.15, 0.2) is 6.29 Å². The van der Waals surface area contributed by atoms with E-state index in [4.69, 9.17) is 23.7 Å². The first-order chi connectivity index (χ1) is 30.5. The van der Waals surface area contributed by atoms with Gasteiger partial charge in [-0.3, -0.25) is 10.1 Å². The largest absolute Gasteiger partial charge is 0.374 e. The molecule has 4 aliphatic carbocycles. The monoisotopic (exact) mass is 862 g/mol. The zero-order valence-corrected chi connectivity index (χ0v) is 38.8. The number of fused-ring (bicyclic) bond motifs is 5. The predicted molar refractivity (Wildman–Crippen MR) is 248 cm³/mol. The molecule has 0 N–H and O–H groups in total. The van der Waals surface area contributed by atoms with Gasteiger partial charge in [0.2, 0.25) is 6.54 Å². The number of nitrogens with zero attached hydrogens (tertiary/aromatic N) is 1. The highest BCUT2D eigenvalue weighted by Gasteiger charge is 2.59. The van der Waals surface area contributed by atoms with E-state index in [1.54, 1.807) is 0 Å². The number of hydrogen-bond acceptors (Lipinski definition) is 7. The fourth-order valence-electron chi connectivity index (χ4n) is 13.4. The van der Waals surface area contributed by atoms with E-state index in [-0.39, 0.29) is 36.2 Å². The van der Waals surface area contributed by atoms with Crippen molar-refractivity contribution in [2.75, 3.05) is 13.2 Å². The molecule has 0 unspecified atom stereocenters. The van der Waals surface area contributed by atoms with Crippen molar-refractivity contribution in [1.29, 1.82) is 0 Å². The molecule has 0 amide bonds. The first-order valence-corrected chi connectivity index (χ1v) is 24.6. The van der Waals surface area contributed by atoms with Crippen LogP contribution >= 0.6 is 0 Å². The molecule has 8 nitrogen and oxygen atoms in total. The molecule has 1 saturated heterocycles. The van der Waals surface area contributed by atoms with Gasteiger partial charge in [0.05, 0.1) is 32.5 Å². The van der Waals surface area contributed by atoms with Gasteiger partial charge in [-0.15, -0.1) is 0 Å². The lowest BCUT2D eigenvalue weighted by Gasteiger charge is -2.58. The molecule has 3 aromatic carbocycles. The first-order valence-electron chi connectivity index (χ1n) is 24.6. The molecule has 3 aromatic rings. The van der Waals surface area contributed by atoms with Crippen molar-refractivity contribution in [3.05, 3.63) is 129 Å². The Morgan fingerprint density at radius 1 is 0.762 bits per heavy atom. The Bertz CT molecular complexity index is 1920. The quantitative estimate of drug-likeness (QED) is 0.0673. The van der Waals surface area contributed by atoms with Crippen LogP contribution in [0.25, 0.3) is 0 Å². The summed E-state index contributed by atoms with van der Waals surface area (Å²) in [5, 5.41) is 12.6. The molecular weight excluding hydrogens is 787 g/mol. The lowest BCUT2D eigenvalue weighted by molar-refractivity contribution is -0.503. The van der Waals surface area contributed by atoms with Crippen molar-refractivity contribution in [3.63, 3.8) is 0 Å². The maximum atomic E-state index is 12.6. The van der Waals surface area contributed by atoms with Crippen LogP contribution in [-0.4, -0.2) is 48.8 Å². The van der Waals surface area contributed by atoms with Gasteiger partial charge in [-0.25, -0.2) is 0 Å². The maximum Gasteiger partial charge on any atom is 0.214 e. The minimum absolute atomic E-state index is 0.112. The smallest absolute Gasteiger partial charge is 0.214 e. The number of nitro groups is 1. The lowest BCUT2D eigenvalue weighted by Crippen LogP contribution is -2.60. The average Bonchev–Trinajstić information content (AvgIpc) is 3.64. The Morgan fingerprint density at radius 2 is 1.40 bits per heavy atom. The van der Waals surface area contributed by atoms with Crippen LogP contribution in [0.3, 0.4) is 0 Å². The normalized spacial score (nSPS) is 34.4. The Balaban J connectivity index is 1.01. The van der Waals surface area contributed by atoms with Gasteiger partial charge in [-0.1, -0.05) is 157 Å². The Hall–Kier alpha value is -3.40. The van der Waals surface area contributed by atoms with Crippen molar-refractivity contribution in [3.8, 4) is 0 Å². The van der Waals surface area contributed by atoms with Gasteiger partial charge in [0, 0.05) is 4.92 Å². The van der Waals surface area contributed by atoms with Crippen LogP contribution < -0.4 is 0 Å². The first kappa shape index (κ1) is 46.1. The van der Waals surface area contributed by atoms with Crippen molar-refractivity contribution < 1.29 is 28.6 Å². The molecule has 0 bridgehead atoms. The standard InChI is InChI=1S/C55H75NO7/c1-38(2)16-15-17-39(3)47-26-27-48-45-25-24-43-32-44(28-30-54(43,4)49(45)29-31-55(47,48)5)62-53-46(33-56(57)58)51(60-35-41-20-11-7-12-21-41)52(61-36-42-22-13-8-14-23-42)50(63-53)37-59-34-40-18-9-6-10-19-40/h6-14,18-24,38-39,44-53H,15-17,25-37H2,1-5H3/t39-,44+,45+,46-,47-,48+,49+,50-,51-,52-,53+,54+,55-/m1/s1. The molecule has 13 atom stereocenters. The third kappa shape index (κ3) is 10.7. The number of ether oxygens (including phenoxy) is 5. The lowest BCUT2D eigenvalue weighted by atomic mass is 9.47. The highest BCUT2D eigenvalue weighted by molar-refractivity contribution is 5.26. The fourth-order valence-corrected chi connectivity index (χ4v) is 13.4. The van der Waals surface area contributed by atoms with E-state index in [9.17, 15) is 10.1 Å². The molecule has 0 radical (unpaired) electrons. The van der Waals surface area contributed by atoms with Crippen LogP contribution in [0.15, 0.2) is 103 Å². The second-order valence-corrected chi connectivity index (χ2v) is 21.0. The summed E-state index contributed by atoms with van der Waals surface area (Å²) in [6.07, 6.45) is 13.2. The van der Waals surface area contributed by atoms with E-state index in [0.717, 1.165) is 72.0 Å². The summed E-state index contributed by atoms with van der Waals surface area (Å²) in [6, 6.07) is 30.1. The van der Waals surface area contributed by atoms with Gasteiger partial charge in [-0.2, -0.15) is 0 Å². The molecular formula is C55H75NO7. The van der Waals surface area contributed by atoms with Crippen molar-refractivity contribution in [1.82, 2.24) is 0 Å². The zero-order valence-electron chi connectivity index (χ0n) is 38.8. The fraction of sp³-hybridized carbons (Fsp3) is 0.636. The Kier molecular flexibility index (Phi) is 15.3. The summed E-state index contributed by atoms with van der Waals surface area (Å²) < 4.78 is 33.9. The molecule has 5 aliphatic rings. The van der Waals surface area contributed by atoms with Crippen LogP contribution in [0.2, 0.25) is 0 Å². The van der Waals surface area contributed by atoms with E-state index < -0.39 is 30.5 Å². The van der Waals surface area contributed by atoms with E-state index in [1.165, 1.54) is 50.5 Å². The van der Waals surface area contributed by atoms with Gasteiger partial charge in [-0.05, 0) is 114 Å². The minimum atomic E-state index is -0.863. The second kappa shape index (κ2) is 20.8. The summed E-state index contributed by atoms with van der Waals surface area (Å²) in [5.74, 6) is 3.99. The molecule has 8 rings (SSSR count). The molecule has 4 fully saturated rings. The SMILES string of the molecule is CC(C)CCC[C@@H](C)[C@H]1CC[C@H]2[C@@H]3CC=C4C[C@@H](O[C@H]5O[C@H](COCc6ccccc6)[C@@H](OCc6ccccc6)[C@H](OCc6ccccc6)[C@H]5C[N+](=O)[O-])CC[C@]4(C)[C@H]3CC[C@]12C. The molecule has 1 heterocycles. The van der Waals surface area contributed by atoms with Gasteiger partial charge in [0.1, 0.15) is 24.2 Å². The highest BCUT2D eigenvalue weighted by Crippen LogP contribution is 2.67. The van der Waals surface area contributed by atoms with Crippen LogP contribution in [0, 0.1) is 62.4 Å². The number of rotatable bonds is 19. The summed E-state index contributed by atoms with van der Waals surface area (Å²) in [5.41, 5.74) is 5.19. The van der Waals surface area contributed by atoms with Gasteiger partial charge < -0.3 is 23.7 Å². The molecule has 63 heavy (non-hydrogen) atoms. The summed E-state index contributed by atoms with van der Waals surface area (Å²) >= 11 is 0. The third-order valence-electron chi connectivity index (χ3n) is 16.7. The van der Waals surface area contributed by atoms with E-state index in [0.29, 0.717) is 24.5 Å². The molecule has 1 aliphatic heterocycles. The van der Waals surface area contributed by atoms with Crippen LogP contribution in [0.1, 0.15) is 122 Å². The summed E-state index contributed by atoms with van der Waals surface area (Å²) in [4.78, 5) is 12.3. The average molecular weight is 862 g/mol. The predicted octanol–water partition coefficient (Wildman–Crippen LogP) is 12.4. The van der Waals surface area contributed by atoms with Crippen molar-refractivity contribution >= 4 is 0 Å². The Morgan fingerprint density at radius 3 is 2.03 bits per heavy atom. The summed E-state index contributed by atoms with van der Waals surface area (Å²) in [6.45, 7) is 13.4. The van der Waals surface area contributed by atoms with Crippen molar-refractivity contribution in [2.24, 2.45) is 52.3 Å². The maximum absolute atomic E-state index is 12.6. The Labute approximate surface area is 378 Å². The molecule has 8 heteroatoms. The van der Waals surface area contributed by atoms with Crippen LogP contribution in [0.4, 0.5) is 0 Å². The minimum Gasteiger partial charge on any atom is -0.374 e.